The van der Waals surface area contributed by atoms with E-state index in [4.69, 9.17) is 17.3 Å². The number of carbonyl (C=O) groups excluding carboxylic acids is 2. The summed E-state index contributed by atoms with van der Waals surface area (Å²) in [4.78, 5) is 27.3. The van der Waals surface area contributed by atoms with Gasteiger partial charge in [-0.2, -0.15) is 0 Å². The van der Waals surface area contributed by atoms with Gasteiger partial charge in [0.05, 0.1) is 5.56 Å². The van der Waals surface area contributed by atoms with Crippen molar-refractivity contribution in [3.8, 4) is 0 Å². The molecule has 0 aromatic heterocycles. The highest BCUT2D eigenvalue weighted by molar-refractivity contribution is 6.30. The Hall–Kier alpha value is -2.17. The average Bonchev–Trinajstić information content (AvgIpc) is 2.60. The van der Waals surface area contributed by atoms with Crippen LogP contribution in [0.3, 0.4) is 0 Å². The maximum atomic E-state index is 12.9. The molecule has 25 heavy (non-hydrogen) atoms. The van der Waals surface area contributed by atoms with Crippen molar-refractivity contribution in [2.45, 2.75) is 13.8 Å². The minimum absolute atomic E-state index is 0.195. The summed E-state index contributed by atoms with van der Waals surface area (Å²) in [5.41, 5.74) is 6.83. The van der Waals surface area contributed by atoms with E-state index in [-0.39, 0.29) is 17.1 Å². The number of hydrogen-bond donors (Lipinski definition) is 1. The topological polar surface area (TPSA) is 63.4 Å². The molecule has 0 heterocycles. The van der Waals surface area contributed by atoms with Crippen LogP contribution < -0.4 is 5.73 Å². The molecule has 4 nitrogen and oxygen atoms in total. The summed E-state index contributed by atoms with van der Waals surface area (Å²) in [7, 11) is 1.73. The molecular weight excluding hydrogens is 336 g/mol. The Morgan fingerprint density at radius 1 is 1.04 bits per heavy atom. The molecule has 0 saturated carbocycles. The lowest BCUT2D eigenvalue weighted by atomic mass is 9.92. The van der Waals surface area contributed by atoms with Crippen molar-refractivity contribution in [1.29, 1.82) is 0 Å². The molecule has 0 aliphatic rings. The van der Waals surface area contributed by atoms with Crippen LogP contribution in [0.15, 0.2) is 48.5 Å². The molecule has 0 bridgehead atoms. The standard InChI is InChI=1S/C20H23ClN2O2/c1-20(2,12-22)13-23(3)19(25)17-7-5-4-6-16(17)18(24)14-8-10-15(21)11-9-14/h4-11H,12-13,22H2,1-3H3. The third-order valence-corrected chi connectivity index (χ3v) is 4.32. The highest BCUT2D eigenvalue weighted by atomic mass is 35.5. The van der Waals surface area contributed by atoms with Gasteiger partial charge in [0, 0.05) is 29.7 Å². The number of nitrogens with two attached hydrogens (primary N) is 1. The molecule has 0 aliphatic carbocycles. The smallest absolute Gasteiger partial charge is 0.254 e. The predicted molar refractivity (Wildman–Crippen MR) is 101 cm³/mol. The van der Waals surface area contributed by atoms with Gasteiger partial charge in [-0.05, 0) is 42.3 Å². The zero-order chi connectivity index (χ0) is 18.6. The molecule has 1 amide bonds. The van der Waals surface area contributed by atoms with E-state index < -0.39 is 0 Å². The monoisotopic (exact) mass is 358 g/mol. The van der Waals surface area contributed by atoms with Gasteiger partial charge in [-0.25, -0.2) is 0 Å². The molecule has 0 fully saturated rings. The minimum Gasteiger partial charge on any atom is -0.341 e. The molecule has 2 aromatic carbocycles. The van der Waals surface area contributed by atoms with E-state index in [1.165, 1.54) is 0 Å². The minimum atomic E-state index is -0.202. The van der Waals surface area contributed by atoms with E-state index >= 15 is 0 Å². The van der Waals surface area contributed by atoms with Gasteiger partial charge in [-0.1, -0.05) is 43.6 Å². The highest BCUT2D eigenvalue weighted by Crippen LogP contribution is 2.20. The summed E-state index contributed by atoms with van der Waals surface area (Å²) in [6, 6.07) is 13.5. The Bertz CT molecular complexity index is 770. The normalized spacial score (nSPS) is 11.2. The first-order valence-electron chi connectivity index (χ1n) is 8.10. The van der Waals surface area contributed by atoms with Crippen LogP contribution in [0.4, 0.5) is 0 Å². The van der Waals surface area contributed by atoms with E-state index in [1.807, 2.05) is 13.8 Å². The summed E-state index contributed by atoms with van der Waals surface area (Å²) >= 11 is 5.88. The van der Waals surface area contributed by atoms with Gasteiger partial charge in [-0.15, -0.1) is 0 Å². The quantitative estimate of drug-likeness (QED) is 0.802. The van der Waals surface area contributed by atoms with Gasteiger partial charge in [0.1, 0.15) is 0 Å². The predicted octanol–water partition coefficient (Wildman–Crippen LogP) is 3.63. The van der Waals surface area contributed by atoms with Crippen molar-refractivity contribution < 1.29 is 9.59 Å². The summed E-state index contributed by atoms with van der Waals surface area (Å²) in [5, 5.41) is 0.560. The van der Waals surface area contributed by atoms with Crippen molar-refractivity contribution in [2.24, 2.45) is 11.1 Å². The molecule has 0 spiro atoms. The van der Waals surface area contributed by atoms with Gasteiger partial charge in [0.15, 0.2) is 5.78 Å². The third kappa shape index (κ3) is 4.68. The van der Waals surface area contributed by atoms with Crippen LogP contribution in [0.1, 0.15) is 40.1 Å². The Kier molecular flexibility index (Phi) is 5.98. The number of hydrogen-bond acceptors (Lipinski definition) is 3. The second-order valence-corrected chi connectivity index (χ2v) is 7.35. The molecule has 2 rings (SSSR count). The lowest BCUT2D eigenvalue weighted by Crippen LogP contribution is -2.40. The Balaban J connectivity index is 2.32. The lowest BCUT2D eigenvalue weighted by molar-refractivity contribution is 0.0736. The van der Waals surface area contributed by atoms with Gasteiger partial charge in [0.2, 0.25) is 0 Å². The fourth-order valence-corrected chi connectivity index (χ4v) is 2.73. The van der Waals surface area contributed by atoms with E-state index in [0.717, 1.165) is 0 Å². The number of halogens is 1. The number of nitrogens with zero attached hydrogens (tertiary/aromatic N) is 1. The van der Waals surface area contributed by atoms with Crippen molar-refractivity contribution in [3.05, 3.63) is 70.2 Å². The molecule has 5 heteroatoms. The molecule has 2 N–H and O–H groups in total. The zero-order valence-electron chi connectivity index (χ0n) is 14.8. The molecule has 0 aliphatic heterocycles. The number of carbonyl (C=O) groups is 2. The van der Waals surface area contributed by atoms with Crippen LogP contribution in [0.5, 0.6) is 0 Å². The van der Waals surface area contributed by atoms with Crippen LogP contribution in [0, 0.1) is 5.41 Å². The Morgan fingerprint density at radius 3 is 2.16 bits per heavy atom. The first-order valence-corrected chi connectivity index (χ1v) is 8.48. The van der Waals surface area contributed by atoms with Gasteiger partial charge in [-0.3, -0.25) is 9.59 Å². The van der Waals surface area contributed by atoms with Crippen LogP contribution in [-0.4, -0.2) is 36.7 Å². The van der Waals surface area contributed by atoms with Crippen molar-refractivity contribution >= 4 is 23.3 Å². The van der Waals surface area contributed by atoms with Crippen LogP contribution in [0.2, 0.25) is 5.02 Å². The number of benzene rings is 2. The molecule has 132 valence electrons. The zero-order valence-corrected chi connectivity index (χ0v) is 15.5. The van der Waals surface area contributed by atoms with Gasteiger partial charge >= 0.3 is 0 Å². The number of ketones is 1. The summed E-state index contributed by atoms with van der Waals surface area (Å²) < 4.78 is 0. The maximum absolute atomic E-state index is 12.9. The third-order valence-electron chi connectivity index (χ3n) is 4.07. The van der Waals surface area contributed by atoms with Crippen molar-refractivity contribution in [1.82, 2.24) is 4.90 Å². The van der Waals surface area contributed by atoms with Gasteiger partial charge in [0.25, 0.3) is 5.91 Å². The lowest BCUT2D eigenvalue weighted by Gasteiger charge is -2.29. The van der Waals surface area contributed by atoms with E-state index in [0.29, 0.717) is 34.8 Å². The van der Waals surface area contributed by atoms with E-state index in [9.17, 15) is 9.59 Å². The second-order valence-electron chi connectivity index (χ2n) is 6.91. The fraction of sp³-hybridized carbons (Fsp3) is 0.300. The molecule has 0 atom stereocenters. The SMILES string of the molecule is CN(CC(C)(C)CN)C(=O)c1ccccc1C(=O)c1ccc(Cl)cc1. The average molecular weight is 359 g/mol. The first-order chi connectivity index (χ1) is 11.7. The summed E-state index contributed by atoms with van der Waals surface area (Å²) in [6.45, 7) is 4.98. The van der Waals surface area contributed by atoms with E-state index in [1.54, 1.807) is 60.5 Å². The molecule has 0 saturated heterocycles. The van der Waals surface area contributed by atoms with Crippen molar-refractivity contribution in [2.75, 3.05) is 20.1 Å². The number of amides is 1. The summed E-state index contributed by atoms with van der Waals surface area (Å²) in [6.07, 6.45) is 0. The fourth-order valence-electron chi connectivity index (χ4n) is 2.61. The molecule has 0 unspecified atom stereocenters. The molecule has 0 radical (unpaired) electrons. The van der Waals surface area contributed by atoms with Crippen molar-refractivity contribution in [3.63, 3.8) is 0 Å². The van der Waals surface area contributed by atoms with E-state index in [2.05, 4.69) is 0 Å². The van der Waals surface area contributed by atoms with Crippen LogP contribution in [0.25, 0.3) is 0 Å². The largest absolute Gasteiger partial charge is 0.341 e. The first kappa shape index (κ1) is 19.2. The highest BCUT2D eigenvalue weighted by Gasteiger charge is 2.25. The van der Waals surface area contributed by atoms with Gasteiger partial charge < -0.3 is 10.6 Å². The Morgan fingerprint density at radius 2 is 1.60 bits per heavy atom. The Labute approximate surface area is 153 Å². The van der Waals surface area contributed by atoms with Crippen LogP contribution in [-0.2, 0) is 0 Å². The molecule has 2 aromatic rings. The molecular formula is C20H23ClN2O2. The number of rotatable bonds is 6. The second kappa shape index (κ2) is 7.81. The van der Waals surface area contributed by atoms with Crippen LogP contribution >= 0.6 is 11.6 Å². The maximum Gasteiger partial charge on any atom is 0.254 e. The summed E-state index contributed by atoms with van der Waals surface area (Å²) in [5.74, 6) is -0.397.